The molecule has 2 rings (SSSR count). The van der Waals surface area contributed by atoms with Crippen LogP contribution < -0.4 is 5.32 Å². The number of sulfonamides is 1. The Morgan fingerprint density at radius 2 is 2.10 bits per heavy atom. The first-order valence-corrected chi connectivity index (χ1v) is 8.78. The van der Waals surface area contributed by atoms with E-state index < -0.39 is 10.0 Å². The van der Waals surface area contributed by atoms with Crippen molar-refractivity contribution in [3.8, 4) is 0 Å². The normalized spacial score (nSPS) is 17.8. The molecule has 0 bridgehead atoms. The quantitative estimate of drug-likeness (QED) is 0.853. The monoisotopic (exact) mass is 300 g/mol. The third-order valence-electron chi connectivity index (χ3n) is 3.71. The van der Waals surface area contributed by atoms with Crippen LogP contribution in [0, 0.1) is 0 Å². The second kappa shape index (κ2) is 6.69. The molecule has 6 nitrogen and oxygen atoms in total. The van der Waals surface area contributed by atoms with Crippen molar-refractivity contribution in [2.45, 2.75) is 50.7 Å². The largest absolute Gasteiger partial charge is 0.336 e. The zero-order chi connectivity index (χ0) is 14.6. The maximum atomic E-state index is 12.8. The first kappa shape index (κ1) is 15.5. The Bertz CT molecular complexity index is 520. The summed E-state index contributed by atoms with van der Waals surface area (Å²) >= 11 is 0. The summed E-state index contributed by atoms with van der Waals surface area (Å²) in [6.45, 7) is 7.02. The smallest absolute Gasteiger partial charge is 0.262 e. The van der Waals surface area contributed by atoms with Crippen molar-refractivity contribution in [3.05, 3.63) is 12.5 Å². The van der Waals surface area contributed by atoms with Gasteiger partial charge in [0.2, 0.25) is 0 Å². The minimum atomic E-state index is -3.48. The van der Waals surface area contributed by atoms with Gasteiger partial charge in [-0.25, -0.2) is 13.4 Å². The molecule has 1 fully saturated rings. The van der Waals surface area contributed by atoms with Crippen LogP contribution in [0.3, 0.4) is 0 Å². The zero-order valence-electron chi connectivity index (χ0n) is 12.2. The molecule has 0 spiro atoms. The van der Waals surface area contributed by atoms with Crippen LogP contribution in [0.4, 0.5) is 0 Å². The van der Waals surface area contributed by atoms with E-state index >= 15 is 0 Å². The van der Waals surface area contributed by atoms with Crippen molar-refractivity contribution in [3.63, 3.8) is 0 Å². The molecule has 1 aromatic rings. The topological polar surface area (TPSA) is 67.2 Å². The maximum absolute atomic E-state index is 12.8. The van der Waals surface area contributed by atoms with E-state index in [0.29, 0.717) is 6.54 Å². The highest BCUT2D eigenvalue weighted by Crippen LogP contribution is 2.21. The zero-order valence-corrected chi connectivity index (χ0v) is 13.1. The molecule has 0 aromatic carbocycles. The van der Waals surface area contributed by atoms with E-state index in [1.54, 1.807) is 21.4 Å². The number of rotatable bonds is 6. The van der Waals surface area contributed by atoms with Gasteiger partial charge in [-0.2, -0.15) is 4.31 Å². The van der Waals surface area contributed by atoms with E-state index in [-0.39, 0.29) is 11.1 Å². The van der Waals surface area contributed by atoms with Crippen molar-refractivity contribution in [1.29, 1.82) is 0 Å². The highest BCUT2D eigenvalue weighted by molar-refractivity contribution is 7.89. The van der Waals surface area contributed by atoms with Crippen LogP contribution in [0.5, 0.6) is 0 Å². The third kappa shape index (κ3) is 3.21. The molecular formula is C13H24N4O2S. The van der Waals surface area contributed by atoms with Crippen LogP contribution in [0.1, 0.15) is 33.1 Å². The Hall–Kier alpha value is -0.920. The maximum Gasteiger partial charge on any atom is 0.262 e. The Labute approximate surface area is 121 Å². The van der Waals surface area contributed by atoms with Crippen LogP contribution in [0.25, 0.3) is 0 Å². The predicted molar refractivity (Wildman–Crippen MR) is 78.0 cm³/mol. The number of nitrogens with zero attached hydrogens (tertiary/aromatic N) is 3. The fourth-order valence-electron chi connectivity index (χ4n) is 2.58. The molecule has 7 heteroatoms. The average molecular weight is 300 g/mol. The van der Waals surface area contributed by atoms with Crippen LogP contribution >= 0.6 is 0 Å². The molecule has 0 aliphatic carbocycles. The molecular weight excluding hydrogens is 276 g/mol. The van der Waals surface area contributed by atoms with E-state index in [1.807, 2.05) is 13.8 Å². The number of hydrogen-bond donors (Lipinski definition) is 1. The van der Waals surface area contributed by atoms with Gasteiger partial charge < -0.3 is 9.88 Å². The van der Waals surface area contributed by atoms with Crippen LogP contribution in [-0.4, -0.2) is 48.0 Å². The van der Waals surface area contributed by atoms with Gasteiger partial charge in [0, 0.05) is 25.3 Å². The Morgan fingerprint density at radius 1 is 1.40 bits per heavy atom. The SMILES string of the molecule is CCCN(C1CCNCC1)S(=O)(=O)c1cn(CC)cn1. The minimum Gasteiger partial charge on any atom is -0.336 e. The summed E-state index contributed by atoms with van der Waals surface area (Å²) in [6, 6.07) is 0.0907. The lowest BCUT2D eigenvalue weighted by Crippen LogP contribution is -2.46. The van der Waals surface area contributed by atoms with Gasteiger partial charge in [-0.15, -0.1) is 0 Å². The standard InChI is InChI=1S/C13H24N4O2S/c1-3-9-17(12-5-7-14-8-6-12)20(18,19)13-10-16(4-2)11-15-13/h10-12,14H,3-9H2,1-2H3. The highest BCUT2D eigenvalue weighted by atomic mass is 32.2. The Kier molecular flexibility index (Phi) is 5.17. The average Bonchev–Trinajstić information content (AvgIpc) is 2.95. The second-order valence-corrected chi connectivity index (χ2v) is 6.98. The van der Waals surface area contributed by atoms with E-state index in [0.717, 1.165) is 38.9 Å². The van der Waals surface area contributed by atoms with Crippen molar-refractivity contribution in [2.24, 2.45) is 0 Å². The summed E-state index contributed by atoms with van der Waals surface area (Å²) in [5.74, 6) is 0. The highest BCUT2D eigenvalue weighted by Gasteiger charge is 2.33. The number of aryl methyl sites for hydroxylation is 1. The van der Waals surface area contributed by atoms with Crippen molar-refractivity contribution < 1.29 is 8.42 Å². The molecule has 1 saturated heterocycles. The van der Waals surface area contributed by atoms with Gasteiger partial charge in [-0.05, 0) is 39.3 Å². The summed E-state index contributed by atoms with van der Waals surface area (Å²) in [5, 5.41) is 3.45. The number of imidazole rings is 1. The molecule has 0 saturated carbocycles. The van der Waals surface area contributed by atoms with Crippen molar-refractivity contribution in [2.75, 3.05) is 19.6 Å². The molecule has 1 aliphatic heterocycles. The van der Waals surface area contributed by atoms with Gasteiger partial charge in [-0.1, -0.05) is 6.92 Å². The molecule has 0 radical (unpaired) electrons. The molecule has 114 valence electrons. The molecule has 1 N–H and O–H groups in total. The van der Waals surface area contributed by atoms with E-state index in [9.17, 15) is 8.42 Å². The number of hydrogen-bond acceptors (Lipinski definition) is 4. The van der Waals surface area contributed by atoms with E-state index in [1.165, 1.54) is 0 Å². The lowest BCUT2D eigenvalue weighted by molar-refractivity contribution is 0.261. The predicted octanol–water partition coefficient (Wildman–Crippen LogP) is 1.06. The van der Waals surface area contributed by atoms with Crippen LogP contribution in [-0.2, 0) is 16.6 Å². The van der Waals surface area contributed by atoms with Gasteiger partial charge in [0.05, 0.1) is 6.33 Å². The molecule has 0 atom stereocenters. The molecule has 20 heavy (non-hydrogen) atoms. The summed E-state index contributed by atoms with van der Waals surface area (Å²) < 4.78 is 29.0. The molecule has 2 heterocycles. The van der Waals surface area contributed by atoms with Crippen molar-refractivity contribution in [1.82, 2.24) is 19.2 Å². The number of nitrogens with one attached hydrogen (secondary N) is 1. The second-order valence-electron chi connectivity index (χ2n) is 5.14. The third-order valence-corrected chi connectivity index (χ3v) is 5.55. The Morgan fingerprint density at radius 3 is 2.65 bits per heavy atom. The summed E-state index contributed by atoms with van der Waals surface area (Å²) in [4.78, 5) is 4.07. The summed E-state index contributed by atoms with van der Waals surface area (Å²) in [5.41, 5.74) is 0. The number of piperidine rings is 1. The Balaban J connectivity index is 2.26. The van der Waals surface area contributed by atoms with Crippen LogP contribution in [0.2, 0.25) is 0 Å². The van der Waals surface area contributed by atoms with Gasteiger partial charge in [0.25, 0.3) is 10.0 Å². The summed E-state index contributed by atoms with van der Waals surface area (Å²) in [6.07, 6.45) is 5.76. The van der Waals surface area contributed by atoms with Gasteiger partial charge >= 0.3 is 0 Å². The van der Waals surface area contributed by atoms with Gasteiger partial charge in [-0.3, -0.25) is 0 Å². The van der Waals surface area contributed by atoms with E-state index in [2.05, 4.69) is 10.3 Å². The molecule has 1 aromatic heterocycles. The molecule has 0 unspecified atom stereocenters. The molecule has 1 aliphatic rings. The minimum absolute atomic E-state index is 0.0907. The van der Waals surface area contributed by atoms with Crippen molar-refractivity contribution >= 4 is 10.0 Å². The van der Waals surface area contributed by atoms with Gasteiger partial charge in [0.1, 0.15) is 0 Å². The lowest BCUT2D eigenvalue weighted by atomic mass is 10.1. The fourth-order valence-corrected chi connectivity index (χ4v) is 4.30. The molecule has 0 amide bonds. The lowest BCUT2D eigenvalue weighted by Gasteiger charge is -2.32. The number of aromatic nitrogens is 2. The summed E-state index contributed by atoms with van der Waals surface area (Å²) in [7, 11) is -3.48. The van der Waals surface area contributed by atoms with Crippen LogP contribution in [0.15, 0.2) is 17.6 Å². The first-order valence-electron chi connectivity index (χ1n) is 7.34. The fraction of sp³-hybridized carbons (Fsp3) is 0.769. The first-order chi connectivity index (χ1) is 9.59. The van der Waals surface area contributed by atoms with E-state index in [4.69, 9.17) is 0 Å². The van der Waals surface area contributed by atoms with Gasteiger partial charge in [0.15, 0.2) is 5.03 Å².